The van der Waals surface area contributed by atoms with Crippen molar-refractivity contribution in [1.29, 1.82) is 0 Å². The molecule has 1 heterocycles. The molecular weight excluding hydrogens is 309 g/mol. The number of rotatable bonds is 2. The molecule has 7 heteroatoms. The molecule has 0 saturated heterocycles. The van der Waals surface area contributed by atoms with E-state index in [9.17, 15) is 20.0 Å². The normalized spacial score (nSPS) is 9.33. The molecule has 0 aromatic carbocycles. The molecule has 1 aromatic rings. The zero-order chi connectivity index (χ0) is 12.0. The molecule has 83 valence electrons. The van der Waals surface area contributed by atoms with Crippen LogP contribution in [0.25, 0.3) is 0 Å². The van der Waals surface area contributed by atoms with Crippen LogP contribution in [0, 0.1) is 10.1 Å². The second-order valence-electron chi connectivity index (χ2n) is 3.18. The molecule has 0 fully saturated rings. The number of carbonyl (C=O) groups excluding carboxylic acids is 1. The molecule has 15 heavy (non-hydrogen) atoms. The third-order valence-electron chi connectivity index (χ3n) is 0.973. The van der Waals surface area contributed by atoms with Gasteiger partial charge in [0.05, 0.1) is 6.07 Å². The van der Waals surface area contributed by atoms with E-state index in [1.165, 1.54) is 0 Å². The molecule has 0 spiro atoms. The molecule has 0 unspecified atom stereocenters. The van der Waals surface area contributed by atoms with Crippen molar-refractivity contribution in [3.63, 3.8) is 0 Å². The van der Waals surface area contributed by atoms with Crippen LogP contribution in [-0.2, 0) is 0 Å². The summed E-state index contributed by atoms with van der Waals surface area (Å²) in [4.78, 5) is 26.2. The molecule has 6 nitrogen and oxygen atoms in total. The van der Waals surface area contributed by atoms with E-state index in [0.29, 0.717) is 0 Å². The molecule has 1 aromatic heterocycles. The predicted molar refractivity (Wildman–Crippen MR) is 53.0 cm³/mol. The number of aromatic carboxylic acids is 1. The first-order valence-corrected chi connectivity index (χ1v) is 12.6. The molecule has 0 atom stereocenters. The van der Waals surface area contributed by atoms with E-state index >= 15 is 0 Å². The first-order chi connectivity index (χ1) is 6.84. The van der Waals surface area contributed by atoms with Crippen LogP contribution < -0.4 is 5.11 Å². The number of hydrogen-bond acceptors (Lipinski definition) is 5. The molecule has 0 amide bonds. The standard InChI is InChI=1S/C5H3NO5.3CH3.Sn/c7-5(8)3-1-2-4(11-3)6(9)10;;;;/h1-2H,(H,7,8);3*1H3;/p-1. The fraction of sp³-hybridized carbons (Fsp3) is 0.375. The van der Waals surface area contributed by atoms with Crippen molar-refractivity contribution in [2.45, 2.75) is 14.8 Å². The minimum atomic E-state index is -1.57. The van der Waals surface area contributed by atoms with E-state index in [1.54, 1.807) is 0 Å². The molecule has 1 radical (unpaired) electrons. The van der Waals surface area contributed by atoms with E-state index in [2.05, 4.69) is 19.2 Å². The minimum absolute atomic E-state index is 0.543. The quantitative estimate of drug-likeness (QED) is 0.459. The van der Waals surface area contributed by atoms with Crippen molar-refractivity contribution in [2.24, 2.45) is 0 Å². The summed E-state index contributed by atoms with van der Waals surface area (Å²) in [6.07, 6.45) is 0. The van der Waals surface area contributed by atoms with Crippen molar-refractivity contribution < 1.29 is 19.2 Å². The molecular formula is C8H11NO5Sn-. The van der Waals surface area contributed by atoms with Crippen molar-refractivity contribution >= 4 is 31.6 Å². The third kappa shape index (κ3) is 6.10. The maximum atomic E-state index is 10.0. The van der Waals surface area contributed by atoms with Gasteiger partial charge in [0.25, 0.3) is 0 Å². The fourth-order valence-electron chi connectivity index (χ4n) is 0.536. The second kappa shape index (κ2) is 6.44. The number of carboxylic acid groups (broad SMARTS) is 1. The average molecular weight is 320 g/mol. The number of carboxylic acids is 1. The van der Waals surface area contributed by atoms with Gasteiger partial charge < -0.3 is 14.3 Å². The Kier molecular flexibility index (Phi) is 5.98. The number of nitrogens with zero attached hydrogens (tertiary/aromatic N) is 1. The molecule has 0 bridgehead atoms. The molecule has 0 aliphatic rings. The summed E-state index contributed by atoms with van der Waals surface area (Å²) in [5.74, 6) is -2.72. The Balaban J connectivity index is 0.000000423. The van der Waals surface area contributed by atoms with Gasteiger partial charge in [-0.05, 0) is 6.07 Å². The van der Waals surface area contributed by atoms with E-state index in [-0.39, 0.29) is 0 Å². The molecule has 0 saturated carbocycles. The number of furan rings is 1. The van der Waals surface area contributed by atoms with Crippen LogP contribution in [0.1, 0.15) is 10.6 Å². The van der Waals surface area contributed by atoms with Crippen LogP contribution in [0.5, 0.6) is 0 Å². The Morgan fingerprint density at radius 2 is 1.87 bits per heavy atom. The van der Waals surface area contributed by atoms with Gasteiger partial charge in [-0.1, -0.05) is 0 Å². The summed E-state index contributed by atoms with van der Waals surface area (Å²) in [6.45, 7) is 0. The van der Waals surface area contributed by atoms with Crippen LogP contribution in [0.3, 0.4) is 0 Å². The molecule has 0 aliphatic carbocycles. The number of hydrogen-bond donors (Lipinski definition) is 0. The van der Waals surface area contributed by atoms with Gasteiger partial charge in [-0.25, -0.2) is 0 Å². The second-order valence-corrected chi connectivity index (χ2v) is 11.7. The topological polar surface area (TPSA) is 96.4 Å². The first kappa shape index (κ1) is 13.9. The third-order valence-corrected chi connectivity index (χ3v) is 0.973. The van der Waals surface area contributed by atoms with Gasteiger partial charge in [-0.2, -0.15) is 0 Å². The average Bonchev–Trinajstić information content (AvgIpc) is 2.49. The predicted octanol–water partition coefficient (Wildman–Crippen LogP) is 0.922. The Morgan fingerprint density at radius 1 is 1.40 bits per heavy atom. The summed E-state index contributed by atoms with van der Waals surface area (Å²) in [6, 6.07) is 1.92. The van der Waals surface area contributed by atoms with E-state index in [0.717, 1.165) is 12.1 Å². The maximum absolute atomic E-state index is 10.0. The summed E-state index contributed by atoms with van der Waals surface area (Å²) in [5, 5.41) is 19.9. The van der Waals surface area contributed by atoms with Crippen LogP contribution in [0.2, 0.25) is 14.8 Å². The van der Waals surface area contributed by atoms with Gasteiger partial charge in [-0.15, -0.1) is 0 Å². The van der Waals surface area contributed by atoms with Gasteiger partial charge in [0.2, 0.25) is 0 Å². The number of nitro groups is 1. The van der Waals surface area contributed by atoms with Gasteiger partial charge in [-0.3, -0.25) is 10.1 Å². The monoisotopic (exact) mass is 321 g/mol. The van der Waals surface area contributed by atoms with Crippen LogP contribution >= 0.6 is 0 Å². The van der Waals surface area contributed by atoms with Gasteiger partial charge in [0.15, 0.2) is 5.76 Å². The fourth-order valence-corrected chi connectivity index (χ4v) is 0.536. The van der Waals surface area contributed by atoms with Gasteiger partial charge >= 0.3 is 40.5 Å². The van der Waals surface area contributed by atoms with Crippen LogP contribution in [-0.4, -0.2) is 30.7 Å². The van der Waals surface area contributed by atoms with E-state index < -0.39 is 42.3 Å². The van der Waals surface area contributed by atoms with E-state index in [4.69, 9.17) is 0 Å². The van der Waals surface area contributed by atoms with Gasteiger partial charge in [0.1, 0.15) is 10.9 Å². The van der Waals surface area contributed by atoms with Crippen molar-refractivity contribution in [1.82, 2.24) is 0 Å². The van der Waals surface area contributed by atoms with Gasteiger partial charge in [0, 0.05) is 0 Å². The van der Waals surface area contributed by atoms with Crippen LogP contribution in [0.15, 0.2) is 16.5 Å². The first-order valence-electron chi connectivity index (χ1n) is 4.07. The molecule has 0 aliphatic heterocycles. The summed E-state index contributed by atoms with van der Waals surface area (Å²) in [7, 11) is 0. The van der Waals surface area contributed by atoms with Crippen molar-refractivity contribution in [2.75, 3.05) is 0 Å². The summed E-state index contributed by atoms with van der Waals surface area (Å²) < 4.78 is 4.25. The Hall–Kier alpha value is -1.05. The Labute approximate surface area is 93.8 Å². The van der Waals surface area contributed by atoms with E-state index in [1.807, 2.05) is 0 Å². The van der Waals surface area contributed by atoms with Crippen molar-refractivity contribution in [3.05, 3.63) is 28.0 Å². The number of carbonyl (C=O) groups is 1. The molecule has 0 N–H and O–H groups in total. The summed E-state index contributed by atoms with van der Waals surface area (Å²) >= 11 is -0.543. The zero-order valence-corrected chi connectivity index (χ0v) is 11.5. The van der Waals surface area contributed by atoms with Crippen molar-refractivity contribution in [3.8, 4) is 0 Å². The van der Waals surface area contributed by atoms with Crippen LogP contribution in [0.4, 0.5) is 5.88 Å². The SMILES string of the molecule is O=C([O-])c1ccc([N+](=O)[O-])o1.[CH3][Sn]([CH3])[CH3]. The Bertz CT molecular complexity index is 315. The Morgan fingerprint density at radius 3 is 2.07 bits per heavy atom. The zero-order valence-electron chi connectivity index (χ0n) is 8.64. The summed E-state index contributed by atoms with van der Waals surface area (Å²) in [5.41, 5.74) is 0. The molecule has 1 rings (SSSR count).